The molecule has 1 fully saturated rings. The van der Waals surface area contributed by atoms with Gasteiger partial charge in [-0.05, 0) is 26.0 Å². The zero-order valence-electron chi connectivity index (χ0n) is 15.3. The van der Waals surface area contributed by atoms with Crippen LogP contribution >= 0.6 is 11.8 Å². The first kappa shape index (κ1) is 18.5. The Kier molecular flexibility index (Phi) is 6.33. The number of hydrogen-bond donors (Lipinski definition) is 1. The molecule has 26 heavy (non-hydrogen) atoms. The zero-order chi connectivity index (χ0) is 18.4. The Morgan fingerprint density at radius 2 is 1.73 bits per heavy atom. The van der Waals surface area contributed by atoms with Crippen molar-refractivity contribution in [2.24, 2.45) is 0 Å². The van der Waals surface area contributed by atoms with E-state index >= 15 is 0 Å². The average Bonchev–Trinajstić information content (AvgIpc) is 2.67. The molecule has 6 nitrogen and oxygen atoms in total. The summed E-state index contributed by atoms with van der Waals surface area (Å²) in [6, 6.07) is 10.6. The normalized spacial score (nSPS) is 14.6. The van der Waals surface area contributed by atoms with E-state index in [1.165, 1.54) is 17.4 Å². The zero-order valence-corrected chi connectivity index (χ0v) is 16.1. The van der Waals surface area contributed by atoms with E-state index in [9.17, 15) is 4.79 Å². The van der Waals surface area contributed by atoms with Gasteiger partial charge in [0.1, 0.15) is 5.03 Å². The van der Waals surface area contributed by atoms with Gasteiger partial charge in [-0.3, -0.25) is 4.79 Å². The molecule has 1 amide bonds. The highest BCUT2D eigenvalue weighted by Crippen LogP contribution is 2.27. The number of piperazine rings is 1. The second kappa shape index (κ2) is 8.89. The summed E-state index contributed by atoms with van der Waals surface area (Å²) in [5.41, 5.74) is 1.26. The molecular formula is C19H25N5OS. The molecule has 1 aliphatic heterocycles. The van der Waals surface area contributed by atoms with Crippen LogP contribution in [0.4, 0.5) is 11.5 Å². The van der Waals surface area contributed by atoms with Crippen LogP contribution in [0.1, 0.15) is 13.8 Å². The van der Waals surface area contributed by atoms with Crippen LogP contribution in [-0.4, -0.2) is 53.8 Å². The van der Waals surface area contributed by atoms with Crippen LogP contribution in [-0.2, 0) is 4.79 Å². The number of anilines is 2. The minimum absolute atomic E-state index is 0.0236. The van der Waals surface area contributed by atoms with Crippen LogP contribution in [0.5, 0.6) is 0 Å². The van der Waals surface area contributed by atoms with Gasteiger partial charge < -0.3 is 15.1 Å². The van der Waals surface area contributed by atoms with Crippen LogP contribution in [0, 0.1) is 0 Å². The quantitative estimate of drug-likeness (QED) is 0.787. The molecule has 0 bridgehead atoms. The molecule has 0 atom stereocenters. The highest BCUT2D eigenvalue weighted by Gasteiger charge is 2.21. The molecule has 0 spiro atoms. The lowest BCUT2D eigenvalue weighted by atomic mass is 10.2. The number of aromatic nitrogens is 2. The topological polar surface area (TPSA) is 61.4 Å². The Labute approximate surface area is 159 Å². The molecule has 2 aromatic rings. The largest absolute Gasteiger partial charge is 0.368 e. The Morgan fingerprint density at radius 3 is 2.42 bits per heavy atom. The summed E-state index contributed by atoms with van der Waals surface area (Å²) in [6.07, 6.45) is 3.41. The van der Waals surface area contributed by atoms with Crippen molar-refractivity contribution in [3.63, 3.8) is 0 Å². The van der Waals surface area contributed by atoms with Gasteiger partial charge in [0.25, 0.3) is 0 Å². The Hall–Kier alpha value is -2.28. The second-order valence-corrected chi connectivity index (χ2v) is 7.47. The molecule has 0 radical (unpaired) electrons. The van der Waals surface area contributed by atoms with Crippen molar-refractivity contribution in [2.45, 2.75) is 24.9 Å². The third-order valence-corrected chi connectivity index (χ3v) is 5.10. The third-order valence-electron chi connectivity index (χ3n) is 4.14. The summed E-state index contributed by atoms with van der Waals surface area (Å²) in [5, 5.41) is 3.73. The summed E-state index contributed by atoms with van der Waals surface area (Å²) in [6.45, 7) is 7.58. The van der Waals surface area contributed by atoms with Crippen molar-refractivity contribution >= 4 is 29.2 Å². The lowest BCUT2D eigenvalue weighted by Crippen LogP contribution is -2.47. The monoisotopic (exact) mass is 371 g/mol. The fraction of sp³-hybridized carbons (Fsp3) is 0.421. The summed E-state index contributed by atoms with van der Waals surface area (Å²) in [5.74, 6) is 1.26. The van der Waals surface area contributed by atoms with E-state index in [0.29, 0.717) is 5.75 Å². The summed E-state index contributed by atoms with van der Waals surface area (Å²) >= 11 is 1.45. The summed E-state index contributed by atoms with van der Waals surface area (Å²) < 4.78 is 0. The molecule has 1 aliphatic rings. The SMILES string of the molecule is CC(C)NC(=O)CSc1nccnc1N1CCN(c2ccccc2)CC1. The van der Waals surface area contributed by atoms with E-state index in [4.69, 9.17) is 0 Å². The molecule has 0 saturated carbocycles. The van der Waals surface area contributed by atoms with Crippen molar-refractivity contribution in [3.05, 3.63) is 42.7 Å². The Bertz CT molecular complexity index is 717. The molecule has 1 aromatic heterocycles. The molecule has 2 heterocycles. The van der Waals surface area contributed by atoms with Crippen molar-refractivity contribution in [1.82, 2.24) is 15.3 Å². The maximum Gasteiger partial charge on any atom is 0.230 e. The first-order chi connectivity index (χ1) is 12.6. The lowest BCUT2D eigenvalue weighted by molar-refractivity contribution is -0.119. The van der Waals surface area contributed by atoms with Gasteiger partial charge in [0.15, 0.2) is 5.82 Å². The molecule has 1 aromatic carbocycles. The number of benzene rings is 1. The van der Waals surface area contributed by atoms with Gasteiger partial charge in [-0.1, -0.05) is 30.0 Å². The van der Waals surface area contributed by atoms with Gasteiger partial charge in [0, 0.05) is 50.3 Å². The van der Waals surface area contributed by atoms with Gasteiger partial charge in [0.2, 0.25) is 5.91 Å². The van der Waals surface area contributed by atoms with Crippen LogP contribution in [0.3, 0.4) is 0 Å². The molecule has 1 N–H and O–H groups in total. The highest BCUT2D eigenvalue weighted by molar-refractivity contribution is 8.00. The van der Waals surface area contributed by atoms with Crippen LogP contribution in [0.2, 0.25) is 0 Å². The van der Waals surface area contributed by atoms with Gasteiger partial charge in [0.05, 0.1) is 5.75 Å². The third kappa shape index (κ3) is 4.88. The highest BCUT2D eigenvalue weighted by atomic mass is 32.2. The predicted octanol–water partition coefficient (Wildman–Crippen LogP) is 2.42. The van der Waals surface area contributed by atoms with E-state index in [1.807, 2.05) is 19.9 Å². The number of carbonyl (C=O) groups excluding carboxylic acids is 1. The van der Waals surface area contributed by atoms with Gasteiger partial charge >= 0.3 is 0 Å². The molecule has 3 rings (SSSR count). The molecule has 7 heteroatoms. The Morgan fingerprint density at radius 1 is 1.08 bits per heavy atom. The fourth-order valence-electron chi connectivity index (χ4n) is 2.95. The van der Waals surface area contributed by atoms with Crippen LogP contribution < -0.4 is 15.1 Å². The molecule has 0 aliphatic carbocycles. The number of nitrogens with one attached hydrogen (secondary N) is 1. The van der Waals surface area contributed by atoms with Crippen molar-refractivity contribution in [3.8, 4) is 0 Å². The number of amides is 1. The number of nitrogens with zero attached hydrogens (tertiary/aromatic N) is 4. The predicted molar refractivity (Wildman–Crippen MR) is 107 cm³/mol. The second-order valence-electron chi connectivity index (χ2n) is 6.51. The van der Waals surface area contributed by atoms with Gasteiger partial charge in [-0.25, -0.2) is 9.97 Å². The number of thioether (sulfide) groups is 1. The van der Waals surface area contributed by atoms with E-state index in [-0.39, 0.29) is 11.9 Å². The smallest absolute Gasteiger partial charge is 0.230 e. The van der Waals surface area contributed by atoms with E-state index < -0.39 is 0 Å². The minimum Gasteiger partial charge on any atom is -0.368 e. The maximum atomic E-state index is 11.9. The van der Waals surface area contributed by atoms with E-state index in [2.05, 4.69) is 49.4 Å². The first-order valence-electron chi connectivity index (χ1n) is 8.91. The first-order valence-corrected chi connectivity index (χ1v) is 9.90. The molecule has 1 saturated heterocycles. The standard InChI is InChI=1S/C19H25N5OS/c1-15(2)22-17(25)14-26-19-18(20-8-9-21-19)24-12-10-23(11-13-24)16-6-4-3-5-7-16/h3-9,15H,10-14H2,1-2H3,(H,22,25). The minimum atomic E-state index is 0.0236. The molecule has 0 unspecified atom stereocenters. The lowest BCUT2D eigenvalue weighted by Gasteiger charge is -2.37. The van der Waals surface area contributed by atoms with Crippen molar-refractivity contribution < 1.29 is 4.79 Å². The number of carbonyl (C=O) groups is 1. The van der Waals surface area contributed by atoms with Crippen LogP contribution in [0.15, 0.2) is 47.8 Å². The van der Waals surface area contributed by atoms with E-state index in [1.54, 1.807) is 12.4 Å². The Balaban J connectivity index is 1.61. The summed E-state index contributed by atoms with van der Waals surface area (Å²) in [4.78, 5) is 25.5. The maximum absolute atomic E-state index is 11.9. The van der Waals surface area contributed by atoms with Crippen molar-refractivity contribution in [2.75, 3.05) is 41.7 Å². The van der Waals surface area contributed by atoms with Crippen LogP contribution in [0.25, 0.3) is 0 Å². The number of rotatable bonds is 6. The average molecular weight is 372 g/mol. The fourth-order valence-corrected chi connectivity index (χ4v) is 3.75. The molecule has 138 valence electrons. The summed E-state index contributed by atoms with van der Waals surface area (Å²) in [7, 11) is 0. The van der Waals surface area contributed by atoms with Gasteiger partial charge in [-0.2, -0.15) is 0 Å². The van der Waals surface area contributed by atoms with E-state index in [0.717, 1.165) is 37.0 Å². The molecular weight excluding hydrogens is 346 g/mol. The van der Waals surface area contributed by atoms with Gasteiger partial charge in [-0.15, -0.1) is 0 Å². The van der Waals surface area contributed by atoms with Crippen molar-refractivity contribution in [1.29, 1.82) is 0 Å². The number of hydrogen-bond acceptors (Lipinski definition) is 6. The number of para-hydroxylation sites is 1.